The van der Waals surface area contributed by atoms with Gasteiger partial charge in [0.1, 0.15) is 0 Å². The van der Waals surface area contributed by atoms with Crippen LogP contribution in [0.2, 0.25) is 0 Å². The van der Waals surface area contributed by atoms with Crippen molar-refractivity contribution in [1.82, 2.24) is 4.57 Å². The summed E-state index contributed by atoms with van der Waals surface area (Å²) >= 11 is 1.90. The molecule has 9 aromatic carbocycles. The molecule has 0 bridgehead atoms. The summed E-state index contributed by atoms with van der Waals surface area (Å²) in [5.41, 5.74) is 12.5. The van der Waals surface area contributed by atoms with Crippen molar-refractivity contribution in [1.29, 1.82) is 0 Å². The highest BCUT2D eigenvalue weighted by atomic mass is 32.1. The standard InChI is InChI=1S/C60H46N2S/c1-38-24-25-47(43-28-26-42(27-29-43)40-14-4-3-5-15-40)32-39(2)59(48-31-30-41-16-6-7-17-44(41)33-48)61-60(38)53-36-49(37-57-58(53)51-21-11-13-23-56(51)63-57)62-54-22-12-10-20-50(54)52-34-45-18-8-9-19-46(45)35-55(52)62/h3-23,25-31,33-39,59H,24,32H2,1-2H3/b47-25-,61-60+/t38?,39?,59-/m1/s1. The molecule has 0 N–H and O–H groups in total. The predicted octanol–water partition coefficient (Wildman–Crippen LogP) is 16.8. The van der Waals surface area contributed by atoms with Crippen molar-refractivity contribution in [2.24, 2.45) is 16.8 Å². The van der Waals surface area contributed by atoms with Crippen molar-refractivity contribution < 1.29 is 0 Å². The lowest BCUT2D eigenvalue weighted by Crippen LogP contribution is -2.17. The predicted molar refractivity (Wildman–Crippen MR) is 272 cm³/mol. The van der Waals surface area contributed by atoms with Crippen molar-refractivity contribution in [2.45, 2.75) is 32.7 Å². The molecule has 0 amide bonds. The first kappa shape index (κ1) is 37.7. The molecule has 2 unspecified atom stereocenters. The summed E-state index contributed by atoms with van der Waals surface area (Å²) in [6.07, 6.45) is 4.35. The molecular weight excluding hydrogens is 781 g/mol. The van der Waals surface area contributed by atoms with E-state index in [0.717, 1.165) is 12.8 Å². The Morgan fingerprint density at radius 2 is 1.16 bits per heavy atom. The van der Waals surface area contributed by atoms with E-state index in [1.54, 1.807) is 0 Å². The minimum Gasteiger partial charge on any atom is -0.309 e. The Hall–Kier alpha value is -7.07. The first-order chi connectivity index (χ1) is 31.0. The summed E-state index contributed by atoms with van der Waals surface area (Å²) in [6.45, 7) is 4.82. The summed E-state index contributed by atoms with van der Waals surface area (Å²) in [7, 11) is 0. The Morgan fingerprint density at radius 3 is 1.97 bits per heavy atom. The zero-order valence-corrected chi connectivity index (χ0v) is 36.3. The van der Waals surface area contributed by atoms with Crippen LogP contribution >= 0.6 is 11.3 Å². The van der Waals surface area contributed by atoms with Crippen molar-refractivity contribution in [3.63, 3.8) is 0 Å². The molecule has 0 aliphatic carbocycles. The van der Waals surface area contributed by atoms with Gasteiger partial charge in [-0.05, 0) is 111 Å². The number of hydrogen-bond donors (Lipinski definition) is 0. The van der Waals surface area contributed by atoms with Crippen LogP contribution in [0.3, 0.4) is 0 Å². The van der Waals surface area contributed by atoms with Crippen molar-refractivity contribution >= 4 is 86.1 Å². The third-order valence-electron chi connectivity index (χ3n) is 13.6. The van der Waals surface area contributed by atoms with Crippen LogP contribution in [-0.2, 0) is 0 Å². The Balaban J connectivity index is 1.09. The molecular formula is C60H46N2S. The van der Waals surface area contributed by atoms with Crippen LogP contribution in [0, 0.1) is 11.8 Å². The van der Waals surface area contributed by atoms with Gasteiger partial charge in [-0.3, -0.25) is 4.99 Å². The number of aliphatic imine (C=N–C) groups is 1. The number of para-hydroxylation sites is 1. The first-order valence-corrected chi connectivity index (χ1v) is 23.1. The van der Waals surface area contributed by atoms with Crippen LogP contribution in [-0.4, -0.2) is 10.3 Å². The molecule has 1 aliphatic heterocycles. The number of thiophene rings is 1. The van der Waals surface area contributed by atoms with Gasteiger partial charge in [0.25, 0.3) is 0 Å². The lowest BCUT2D eigenvalue weighted by Gasteiger charge is -2.25. The minimum atomic E-state index is -0.0552. The molecule has 0 spiro atoms. The molecule has 3 heterocycles. The molecule has 0 saturated heterocycles. The van der Waals surface area contributed by atoms with Crippen molar-refractivity contribution in [2.75, 3.05) is 0 Å². The molecule has 11 aromatic rings. The van der Waals surface area contributed by atoms with E-state index in [1.807, 2.05) is 11.3 Å². The van der Waals surface area contributed by atoms with Crippen LogP contribution in [0.5, 0.6) is 0 Å². The average Bonchev–Trinajstić information content (AvgIpc) is 3.88. The van der Waals surface area contributed by atoms with Gasteiger partial charge >= 0.3 is 0 Å². The van der Waals surface area contributed by atoms with Gasteiger partial charge in [0, 0.05) is 53.8 Å². The summed E-state index contributed by atoms with van der Waals surface area (Å²) < 4.78 is 5.09. The summed E-state index contributed by atoms with van der Waals surface area (Å²) in [6, 6.07) is 71.9. The molecule has 0 saturated carbocycles. The molecule has 63 heavy (non-hydrogen) atoms. The van der Waals surface area contributed by atoms with E-state index in [0.29, 0.717) is 0 Å². The summed E-state index contributed by atoms with van der Waals surface area (Å²) in [4.78, 5) is 6.09. The van der Waals surface area contributed by atoms with Crippen molar-refractivity contribution in [3.05, 3.63) is 217 Å². The average molecular weight is 827 g/mol. The monoisotopic (exact) mass is 826 g/mol. The number of nitrogens with zero attached hydrogens (tertiary/aromatic N) is 2. The van der Waals surface area contributed by atoms with E-state index >= 15 is 0 Å². The quantitative estimate of drug-likeness (QED) is 0.164. The second-order valence-corrected chi connectivity index (χ2v) is 18.7. The maximum absolute atomic E-state index is 6.09. The molecule has 1 aliphatic rings. The smallest absolute Gasteiger partial charge is 0.0781 e. The highest BCUT2D eigenvalue weighted by Gasteiger charge is 2.28. The van der Waals surface area contributed by atoms with Gasteiger partial charge in [-0.1, -0.05) is 172 Å². The first-order valence-electron chi connectivity index (χ1n) is 22.3. The Bertz CT molecular complexity index is 3600. The molecule has 12 rings (SSSR count). The van der Waals surface area contributed by atoms with Gasteiger partial charge in [-0.25, -0.2) is 0 Å². The Kier molecular flexibility index (Phi) is 9.19. The third kappa shape index (κ3) is 6.58. The number of hydrogen-bond acceptors (Lipinski definition) is 2. The van der Waals surface area contributed by atoms with Gasteiger partial charge in [0.05, 0.1) is 17.1 Å². The molecule has 0 radical (unpaired) electrons. The van der Waals surface area contributed by atoms with Gasteiger partial charge in [-0.2, -0.15) is 0 Å². The molecule has 3 atom stereocenters. The SMILES string of the molecule is CC1C/C=C(\c2ccc(-c3ccccc3)cc2)CC(C)[C@H](c2ccc3ccccc3c2)/N=C\1c1cc(-n2c3ccccc3c3cc4ccccc4cc32)cc2sc3ccccc3c12. The Labute approximate surface area is 372 Å². The van der Waals surface area contributed by atoms with Crippen LogP contribution in [0.4, 0.5) is 0 Å². The molecule has 302 valence electrons. The fraction of sp³-hybridized carbons (Fsp3) is 0.117. The van der Waals surface area contributed by atoms with Crippen LogP contribution in [0.25, 0.3) is 85.9 Å². The summed E-state index contributed by atoms with van der Waals surface area (Å²) in [5, 5.41) is 10.2. The van der Waals surface area contributed by atoms with Crippen molar-refractivity contribution in [3.8, 4) is 16.8 Å². The van der Waals surface area contributed by atoms with E-state index < -0.39 is 0 Å². The largest absolute Gasteiger partial charge is 0.309 e. The number of benzene rings is 9. The summed E-state index contributed by atoms with van der Waals surface area (Å²) in [5.74, 6) is 0.381. The normalized spacial score (nSPS) is 18.9. The van der Waals surface area contributed by atoms with E-state index in [-0.39, 0.29) is 17.9 Å². The second-order valence-electron chi connectivity index (χ2n) is 17.6. The fourth-order valence-corrected chi connectivity index (χ4v) is 11.5. The molecule has 2 nitrogen and oxygen atoms in total. The lowest BCUT2D eigenvalue weighted by molar-refractivity contribution is 0.483. The van der Waals surface area contributed by atoms with Crippen LogP contribution in [0.1, 0.15) is 49.4 Å². The lowest BCUT2D eigenvalue weighted by atomic mass is 9.86. The van der Waals surface area contributed by atoms with E-state index in [9.17, 15) is 0 Å². The molecule has 3 heteroatoms. The van der Waals surface area contributed by atoms with Crippen LogP contribution < -0.4 is 0 Å². The highest BCUT2D eigenvalue weighted by Crippen LogP contribution is 2.44. The highest BCUT2D eigenvalue weighted by molar-refractivity contribution is 7.25. The maximum Gasteiger partial charge on any atom is 0.0781 e. The van der Waals surface area contributed by atoms with E-state index in [2.05, 4.69) is 219 Å². The molecule has 0 fully saturated rings. The van der Waals surface area contributed by atoms with Gasteiger partial charge in [0.15, 0.2) is 0 Å². The van der Waals surface area contributed by atoms with Gasteiger partial charge in [0.2, 0.25) is 0 Å². The number of allylic oxidation sites excluding steroid dienone is 2. The number of rotatable bonds is 5. The van der Waals surface area contributed by atoms with E-state index in [1.165, 1.54) is 108 Å². The number of aromatic nitrogens is 1. The van der Waals surface area contributed by atoms with E-state index in [4.69, 9.17) is 4.99 Å². The Morgan fingerprint density at radius 1 is 0.508 bits per heavy atom. The zero-order valence-electron chi connectivity index (χ0n) is 35.5. The minimum absolute atomic E-state index is 0.0552. The topological polar surface area (TPSA) is 17.3 Å². The second kappa shape index (κ2) is 15.4. The van der Waals surface area contributed by atoms with Crippen LogP contribution in [0.15, 0.2) is 205 Å². The maximum atomic E-state index is 6.09. The van der Waals surface area contributed by atoms with Gasteiger partial charge < -0.3 is 4.57 Å². The van der Waals surface area contributed by atoms with Gasteiger partial charge in [-0.15, -0.1) is 11.3 Å². The molecule has 2 aromatic heterocycles. The zero-order chi connectivity index (χ0) is 42.0. The number of fused-ring (bicyclic) bond motifs is 8. The third-order valence-corrected chi connectivity index (χ3v) is 14.7. The fourth-order valence-electron chi connectivity index (χ4n) is 10.4.